The number of anilines is 1. The number of carbonyl (C=O) groups is 3. The van der Waals surface area contributed by atoms with E-state index in [0.717, 1.165) is 48.9 Å². The maximum absolute atomic E-state index is 14.1. The number of hydrogen-bond acceptors (Lipinski definition) is 8. The number of carbonyl (C=O) groups excluding carboxylic acids is 3. The first-order valence-electron chi connectivity index (χ1n) is 18.4. The van der Waals surface area contributed by atoms with Crippen LogP contribution in [0.25, 0.3) is 0 Å². The number of likely N-dealkylation sites (tertiary alicyclic amines) is 2. The van der Waals surface area contributed by atoms with Gasteiger partial charge in [-0.3, -0.25) is 4.79 Å². The van der Waals surface area contributed by atoms with E-state index in [1.165, 1.54) is 6.26 Å². The number of amides is 4. The third-order valence-corrected chi connectivity index (χ3v) is 12.6. The van der Waals surface area contributed by atoms with Crippen molar-refractivity contribution in [1.29, 1.82) is 0 Å². The lowest BCUT2D eigenvalue weighted by molar-refractivity contribution is -0.142. The van der Waals surface area contributed by atoms with Gasteiger partial charge in [-0.1, -0.05) is 24.3 Å². The number of rotatable bonds is 7. The van der Waals surface area contributed by atoms with E-state index in [1.54, 1.807) is 9.21 Å². The normalized spacial score (nSPS) is 21.7. The highest BCUT2D eigenvalue weighted by molar-refractivity contribution is 7.88. The minimum Gasteiger partial charge on any atom is -0.486 e. The summed E-state index contributed by atoms with van der Waals surface area (Å²) in [5.74, 6) is 1.92. The van der Waals surface area contributed by atoms with Crippen molar-refractivity contribution < 1.29 is 37.0 Å². The first kappa shape index (κ1) is 35.4. The molecule has 5 heterocycles. The molecular weight excluding hydrogens is 675 g/mol. The van der Waals surface area contributed by atoms with E-state index in [9.17, 15) is 22.8 Å². The monoisotopic (exact) mass is 723 g/mol. The van der Waals surface area contributed by atoms with Gasteiger partial charge in [0.1, 0.15) is 13.2 Å². The van der Waals surface area contributed by atoms with Crippen LogP contribution in [0.5, 0.6) is 11.5 Å². The predicted octanol–water partition coefficient (Wildman–Crippen LogP) is 3.97. The Bertz CT molecular complexity index is 1700. The third kappa shape index (κ3) is 8.22. The molecule has 1 atom stereocenters. The number of para-hydroxylation sites is 1. The van der Waals surface area contributed by atoms with Gasteiger partial charge in [0, 0.05) is 64.0 Å². The quantitative estimate of drug-likeness (QED) is 0.453. The molecule has 276 valence electrons. The van der Waals surface area contributed by atoms with Gasteiger partial charge in [0.25, 0.3) is 5.91 Å². The standard InChI is InChI=1S/C37H49N5O8S/c1-51(46,47)41-19-10-28(11-20-41)27-8-15-39(16-9-27)35(43)34(25-26-6-7-32-33(24-26)49-23-22-48-32)50-37(45)40-17-13-30(14-18-40)42-21-12-29-4-2-3-5-31(29)38-36(42)44/h2-7,24,27-28,30,34H,8-23,25H2,1H3,(H,38,44)/t34-/m1/s1. The average Bonchev–Trinajstić information content (AvgIpc) is 3.32. The molecule has 13 nitrogen and oxygen atoms in total. The molecule has 0 aromatic heterocycles. The zero-order chi connectivity index (χ0) is 35.5. The van der Waals surface area contributed by atoms with Crippen molar-refractivity contribution in [1.82, 2.24) is 19.0 Å². The molecule has 0 saturated carbocycles. The average molecular weight is 724 g/mol. The second kappa shape index (κ2) is 15.3. The number of urea groups is 1. The number of fused-ring (bicyclic) bond motifs is 2. The van der Waals surface area contributed by atoms with E-state index in [0.29, 0.717) is 95.2 Å². The number of sulfonamides is 1. The molecule has 7 rings (SSSR count). The molecule has 0 bridgehead atoms. The minimum absolute atomic E-state index is 0.00147. The van der Waals surface area contributed by atoms with Crippen molar-refractivity contribution in [2.45, 2.75) is 63.5 Å². The van der Waals surface area contributed by atoms with E-state index in [-0.39, 0.29) is 24.4 Å². The van der Waals surface area contributed by atoms with Crippen molar-refractivity contribution in [2.24, 2.45) is 11.8 Å². The predicted molar refractivity (Wildman–Crippen MR) is 190 cm³/mol. The second-order valence-corrected chi connectivity index (χ2v) is 16.4. The van der Waals surface area contributed by atoms with Gasteiger partial charge >= 0.3 is 12.1 Å². The maximum atomic E-state index is 14.1. The maximum Gasteiger partial charge on any atom is 0.410 e. The summed E-state index contributed by atoms with van der Waals surface area (Å²) < 4.78 is 43.1. The van der Waals surface area contributed by atoms with Crippen LogP contribution in [0.4, 0.5) is 15.3 Å². The molecule has 0 radical (unpaired) electrons. The van der Waals surface area contributed by atoms with Crippen LogP contribution in [0.2, 0.25) is 0 Å². The number of hydrogen-bond donors (Lipinski definition) is 1. The lowest BCUT2D eigenvalue weighted by atomic mass is 9.79. The Morgan fingerprint density at radius 2 is 1.49 bits per heavy atom. The van der Waals surface area contributed by atoms with Crippen LogP contribution in [-0.4, -0.2) is 123 Å². The van der Waals surface area contributed by atoms with E-state index in [2.05, 4.69) is 5.32 Å². The fourth-order valence-electron chi connectivity index (χ4n) is 8.38. The molecule has 0 spiro atoms. The van der Waals surface area contributed by atoms with Crippen LogP contribution in [0.1, 0.15) is 49.7 Å². The molecule has 2 aromatic rings. The minimum atomic E-state index is -3.18. The zero-order valence-corrected chi connectivity index (χ0v) is 30.2. The highest BCUT2D eigenvalue weighted by atomic mass is 32.2. The van der Waals surface area contributed by atoms with Crippen LogP contribution < -0.4 is 14.8 Å². The lowest BCUT2D eigenvalue weighted by Gasteiger charge is -2.40. The van der Waals surface area contributed by atoms with Crippen molar-refractivity contribution in [3.8, 4) is 11.5 Å². The first-order valence-corrected chi connectivity index (χ1v) is 20.2. The molecule has 5 aliphatic rings. The third-order valence-electron chi connectivity index (χ3n) is 11.3. The highest BCUT2D eigenvalue weighted by Crippen LogP contribution is 2.35. The topological polar surface area (TPSA) is 138 Å². The molecule has 3 saturated heterocycles. The Kier molecular flexibility index (Phi) is 10.6. The van der Waals surface area contributed by atoms with E-state index in [4.69, 9.17) is 14.2 Å². The molecule has 51 heavy (non-hydrogen) atoms. The van der Waals surface area contributed by atoms with Crippen molar-refractivity contribution in [3.63, 3.8) is 0 Å². The summed E-state index contributed by atoms with van der Waals surface area (Å²) in [6.45, 7) is 4.61. The van der Waals surface area contributed by atoms with Crippen LogP contribution >= 0.6 is 0 Å². The van der Waals surface area contributed by atoms with Gasteiger partial charge in [-0.05, 0) is 86.1 Å². The van der Waals surface area contributed by atoms with E-state index in [1.807, 2.05) is 52.3 Å². The van der Waals surface area contributed by atoms with Gasteiger partial charge < -0.3 is 34.2 Å². The van der Waals surface area contributed by atoms with Gasteiger partial charge in [0.15, 0.2) is 17.6 Å². The molecule has 14 heteroatoms. The number of ether oxygens (including phenoxy) is 3. The molecule has 0 unspecified atom stereocenters. The van der Waals surface area contributed by atoms with Crippen LogP contribution in [0.15, 0.2) is 42.5 Å². The van der Waals surface area contributed by atoms with Gasteiger partial charge in [-0.2, -0.15) is 0 Å². The molecule has 3 fully saturated rings. The summed E-state index contributed by atoms with van der Waals surface area (Å²) in [7, 11) is -3.18. The first-order chi connectivity index (χ1) is 24.6. The summed E-state index contributed by atoms with van der Waals surface area (Å²) in [6.07, 6.45) is 5.29. The molecule has 1 N–H and O–H groups in total. The molecule has 4 amide bonds. The SMILES string of the molecule is CS(=O)(=O)N1CCC(C2CCN(C(=O)[C@@H](Cc3ccc4c(c3)OCCO4)OC(=O)N3CCC(N4CCc5ccccc5NC4=O)CC3)CC2)CC1. The number of nitrogens with one attached hydrogen (secondary N) is 1. The Balaban J connectivity index is 0.973. The smallest absolute Gasteiger partial charge is 0.410 e. The van der Waals surface area contributed by atoms with Crippen LogP contribution in [0.3, 0.4) is 0 Å². The van der Waals surface area contributed by atoms with Crippen LogP contribution in [0, 0.1) is 11.8 Å². The Labute approximate surface area is 300 Å². The summed E-state index contributed by atoms with van der Waals surface area (Å²) in [5.41, 5.74) is 2.77. The van der Waals surface area contributed by atoms with E-state index < -0.39 is 22.2 Å². The highest BCUT2D eigenvalue weighted by Gasteiger charge is 2.37. The summed E-state index contributed by atoms with van der Waals surface area (Å²) in [4.78, 5) is 46.3. The summed E-state index contributed by atoms with van der Waals surface area (Å²) >= 11 is 0. The Morgan fingerprint density at radius 1 is 0.843 bits per heavy atom. The van der Waals surface area contributed by atoms with Crippen LogP contribution in [-0.2, 0) is 32.4 Å². The van der Waals surface area contributed by atoms with Crippen molar-refractivity contribution >= 4 is 33.7 Å². The molecule has 5 aliphatic heterocycles. The van der Waals surface area contributed by atoms with Gasteiger partial charge in [-0.15, -0.1) is 0 Å². The van der Waals surface area contributed by atoms with Gasteiger partial charge in [0.2, 0.25) is 10.0 Å². The molecule has 2 aromatic carbocycles. The lowest BCUT2D eigenvalue weighted by Crippen LogP contribution is -2.52. The molecular formula is C37H49N5O8S. The number of piperidine rings is 3. The molecule has 0 aliphatic carbocycles. The largest absolute Gasteiger partial charge is 0.486 e. The zero-order valence-electron chi connectivity index (χ0n) is 29.3. The summed E-state index contributed by atoms with van der Waals surface area (Å²) in [6, 6.07) is 13.3. The second-order valence-electron chi connectivity index (χ2n) is 14.5. The van der Waals surface area contributed by atoms with Gasteiger partial charge in [-0.25, -0.2) is 22.3 Å². The fourth-order valence-corrected chi connectivity index (χ4v) is 9.25. The number of benzene rings is 2. The van der Waals surface area contributed by atoms with Crippen molar-refractivity contribution in [2.75, 3.05) is 70.6 Å². The van der Waals surface area contributed by atoms with E-state index >= 15 is 0 Å². The van der Waals surface area contributed by atoms with Crippen molar-refractivity contribution in [3.05, 3.63) is 53.6 Å². The Morgan fingerprint density at radius 3 is 2.20 bits per heavy atom. The Hall–Kier alpha value is -4.04. The van der Waals surface area contributed by atoms with Gasteiger partial charge in [0.05, 0.1) is 6.26 Å². The fraction of sp³-hybridized carbons (Fsp3) is 0.595. The number of nitrogens with zero attached hydrogens (tertiary/aromatic N) is 4. The summed E-state index contributed by atoms with van der Waals surface area (Å²) in [5, 5.41) is 3.04.